The summed E-state index contributed by atoms with van der Waals surface area (Å²) in [6.45, 7) is -0.00830. The summed E-state index contributed by atoms with van der Waals surface area (Å²) in [6.07, 6.45) is 1.61. The van der Waals surface area contributed by atoms with Crippen molar-refractivity contribution in [3.05, 3.63) is 42.1 Å². The fourth-order valence-corrected chi connectivity index (χ4v) is 0.704. The first-order chi connectivity index (χ1) is 4.83. The van der Waals surface area contributed by atoms with Crippen LogP contribution < -0.4 is 0 Å². The molecule has 0 heterocycles. The topological polar surface area (TPSA) is 20.2 Å². The molecule has 1 radical (unpaired) electrons. The van der Waals surface area contributed by atoms with E-state index in [1.165, 1.54) is 12.1 Å². The third kappa shape index (κ3) is 1.81. The first-order valence-corrected chi connectivity index (χ1v) is 3.02. The van der Waals surface area contributed by atoms with E-state index in [0.717, 1.165) is 5.56 Å². The van der Waals surface area contributed by atoms with Crippen LogP contribution in [0.5, 0.6) is 0 Å². The minimum absolute atomic E-state index is 0.00830. The minimum atomic E-state index is -0.255. The van der Waals surface area contributed by atoms with Crippen molar-refractivity contribution in [2.75, 3.05) is 6.61 Å². The summed E-state index contributed by atoms with van der Waals surface area (Å²) in [4.78, 5) is 0. The number of hydrogen-bond donors (Lipinski definition) is 1. The standard InChI is InChI=1S/C8H8FO/c9-8-3-1-7(2-4-8)5-6-10/h1-5,10H,6H2. The van der Waals surface area contributed by atoms with Gasteiger partial charge in [-0.1, -0.05) is 12.1 Å². The second-order valence-corrected chi connectivity index (χ2v) is 1.94. The summed E-state index contributed by atoms with van der Waals surface area (Å²) in [5, 5.41) is 8.44. The van der Waals surface area contributed by atoms with E-state index < -0.39 is 0 Å². The third-order valence-corrected chi connectivity index (χ3v) is 1.20. The molecule has 10 heavy (non-hydrogen) atoms. The lowest BCUT2D eigenvalue weighted by molar-refractivity contribution is 0.331. The molecule has 0 atom stereocenters. The largest absolute Gasteiger partial charge is 0.396 e. The average molecular weight is 139 g/mol. The van der Waals surface area contributed by atoms with Crippen molar-refractivity contribution in [3.8, 4) is 0 Å². The van der Waals surface area contributed by atoms with E-state index >= 15 is 0 Å². The summed E-state index contributed by atoms with van der Waals surface area (Å²) in [5.74, 6) is -0.255. The number of hydrogen-bond acceptors (Lipinski definition) is 1. The molecule has 1 nitrogen and oxygen atoms in total. The highest BCUT2D eigenvalue weighted by Crippen LogP contribution is 2.03. The molecule has 0 fully saturated rings. The Hall–Kier alpha value is -0.890. The number of rotatable bonds is 2. The maximum atomic E-state index is 12.3. The van der Waals surface area contributed by atoms with Crippen LogP contribution >= 0.6 is 0 Å². The fourth-order valence-electron chi connectivity index (χ4n) is 0.704. The molecular weight excluding hydrogens is 131 g/mol. The van der Waals surface area contributed by atoms with Crippen LogP contribution in [-0.2, 0) is 0 Å². The highest BCUT2D eigenvalue weighted by molar-refractivity contribution is 5.22. The van der Waals surface area contributed by atoms with Gasteiger partial charge >= 0.3 is 0 Å². The van der Waals surface area contributed by atoms with Crippen molar-refractivity contribution in [3.63, 3.8) is 0 Å². The number of aliphatic hydroxyl groups excluding tert-OH is 1. The molecule has 0 aliphatic rings. The van der Waals surface area contributed by atoms with Crippen molar-refractivity contribution in [1.82, 2.24) is 0 Å². The van der Waals surface area contributed by atoms with Gasteiger partial charge in [0, 0.05) is 6.42 Å². The fraction of sp³-hybridized carbons (Fsp3) is 0.125. The van der Waals surface area contributed by atoms with Crippen molar-refractivity contribution >= 4 is 0 Å². The molecular formula is C8H8FO. The van der Waals surface area contributed by atoms with Gasteiger partial charge in [0.15, 0.2) is 0 Å². The Labute approximate surface area is 59.1 Å². The van der Waals surface area contributed by atoms with Gasteiger partial charge in [-0.15, -0.1) is 0 Å². The van der Waals surface area contributed by atoms with Gasteiger partial charge in [0.05, 0.1) is 6.61 Å². The Morgan fingerprint density at radius 2 is 1.90 bits per heavy atom. The van der Waals surface area contributed by atoms with Crippen LogP contribution in [0.2, 0.25) is 0 Å². The predicted octanol–water partition coefficient (Wildman–Crippen LogP) is 1.37. The summed E-state index contributed by atoms with van der Waals surface area (Å²) in [5.41, 5.74) is 0.837. The molecule has 1 rings (SSSR count). The zero-order valence-electron chi connectivity index (χ0n) is 5.42. The van der Waals surface area contributed by atoms with Gasteiger partial charge in [0.2, 0.25) is 0 Å². The molecule has 2 heteroatoms. The number of aliphatic hydroxyl groups is 1. The van der Waals surface area contributed by atoms with Gasteiger partial charge in [0.25, 0.3) is 0 Å². The van der Waals surface area contributed by atoms with Gasteiger partial charge in [-0.25, -0.2) is 4.39 Å². The van der Waals surface area contributed by atoms with E-state index in [1.807, 2.05) is 0 Å². The van der Waals surface area contributed by atoms with Crippen molar-refractivity contribution < 1.29 is 9.50 Å². The Kier molecular flexibility index (Phi) is 2.40. The van der Waals surface area contributed by atoms with Gasteiger partial charge < -0.3 is 5.11 Å². The molecule has 0 saturated heterocycles. The van der Waals surface area contributed by atoms with Crippen molar-refractivity contribution in [1.29, 1.82) is 0 Å². The van der Waals surface area contributed by atoms with E-state index in [9.17, 15) is 4.39 Å². The van der Waals surface area contributed by atoms with Crippen LogP contribution in [0.25, 0.3) is 0 Å². The average Bonchev–Trinajstić information content (AvgIpc) is 1.95. The second kappa shape index (κ2) is 3.32. The Morgan fingerprint density at radius 3 is 2.40 bits per heavy atom. The lowest BCUT2D eigenvalue weighted by Gasteiger charge is -1.94. The molecule has 0 amide bonds. The third-order valence-electron chi connectivity index (χ3n) is 1.20. The maximum Gasteiger partial charge on any atom is 0.123 e. The molecule has 0 spiro atoms. The number of halogens is 1. The highest BCUT2D eigenvalue weighted by Gasteiger charge is 1.91. The van der Waals surface area contributed by atoms with Gasteiger partial charge in [-0.2, -0.15) is 0 Å². The van der Waals surface area contributed by atoms with Crippen LogP contribution in [0, 0.1) is 12.2 Å². The quantitative estimate of drug-likeness (QED) is 0.656. The zero-order valence-corrected chi connectivity index (χ0v) is 5.42. The van der Waals surface area contributed by atoms with Crippen molar-refractivity contribution in [2.24, 2.45) is 0 Å². The summed E-state index contributed by atoms with van der Waals surface area (Å²) in [6, 6.07) is 5.96. The van der Waals surface area contributed by atoms with Crippen LogP contribution in [0.15, 0.2) is 24.3 Å². The summed E-state index contributed by atoms with van der Waals surface area (Å²) in [7, 11) is 0. The zero-order chi connectivity index (χ0) is 7.40. The maximum absolute atomic E-state index is 12.3. The smallest absolute Gasteiger partial charge is 0.123 e. The molecule has 0 aromatic heterocycles. The van der Waals surface area contributed by atoms with E-state index in [4.69, 9.17) is 5.11 Å². The molecule has 1 aromatic carbocycles. The highest BCUT2D eigenvalue weighted by atomic mass is 19.1. The van der Waals surface area contributed by atoms with Gasteiger partial charge in [0.1, 0.15) is 5.82 Å². The van der Waals surface area contributed by atoms with Crippen LogP contribution in [0.1, 0.15) is 5.56 Å². The van der Waals surface area contributed by atoms with E-state index in [0.29, 0.717) is 0 Å². The molecule has 0 aliphatic heterocycles. The summed E-state index contributed by atoms with van der Waals surface area (Å²) < 4.78 is 12.3. The monoisotopic (exact) mass is 139 g/mol. The first-order valence-electron chi connectivity index (χ1n) is 3.02. The SMILES string of the molecule is OC[CH]c1ccc(F)cc1. The van der Waals surface area contributed by atoms with Crippen molar-refractivity contribution in [2.45, 2.75) is 0 Å². The summed E-state index contributed by atoms with van der Waals surface area (Å²) >= 11 is 0. The van der Waals surface area contributed by atoms with Crippen LogP contribution in [0.3, 0.4) is 0 Å². The molecule has 0 aliphatic carbocycles. The molecule has 0 saturated carbocycles. The van der Waals surface area contributed by atoms with E-state index in [-0.39, 0.29) is 12.4 Å². The van der Waals surface area contributed by atoms with Gasteiger partial charge in [-0.3, -0.25) is 0 Å². The van der Waals surface area contributed by atoms with E-state index in [2.05, 4.69) is 0 Å². The van der Waals surface area contributed by atoms with Gasteiger partial charge in [-0.05, 0) is 17.7 Å². The molecule has 1 aromatic rings. The Balaban J connectivity index is 2.69. The normalized spacial score (nSPS) is 9.80. The van der Waals surface area contributed by atoms with E-state index in [1.54, 1.807) is 18.6 Å². The Bertz CT molecular complexity index is 193. The minimum Gasteiger partial charge on any atom is -0.396 e. The lowest BCUT2D eigenvalue weighted by atomic mass is 10.2. The molecule has 0 unspecified atom stereocenters. The molecule has 1 N–H and O–H groups in total. The number of benzene rings is 1. The predicted molar refractivity (Wildman–Crippen MR) is 36.9 cm³/mol. The van der Waals surface area contributed by atoms with Crippen LogP contribution in [-0.4, -0.2) is 11.7 Å². The Morgan fingerprint density at radius 1 is 1.30 bits per heavy atom. The van der Waals surface area contributed by atoms with Crippen LogP contribution in [0.4, 0.5) is 4.39 Å². The second-order valence-electron chi connectivity index (χ2n) is 1.94. The molecule has 53 valence electrons. The first kappa shape index (κ1) is 7.22. The lowest BCUT2D eigenvalue weighted by Crippen LogP contribution is -1.86. The molecule has 0 bridgehead atoms.